The quantitative estimate of drug-likeness (QED) is 0.734. The van der Waals surface area contributed by atoms with Crippen molar-refractivity contribution in [1.82, 2.24) is 9.97 Å². The summed E-state index contributed by atoms with van der Waals surface area (Å²) in [6.45, 7) is 4.07. The van der Waals surface area contributed by atoms with Gasteiger partial charge in [0.1, 0.15) is 6.07 Å². The Balaban J connectivity index is 2.05. The van der Waals surface area contributed by atoms with Crippen LogP contribution in [-0.2, 0) is 6.42 Å². The van der Waals surface area contributed by atoms with Gasteiger partial charge in [-0.1, -0.05) is 50.5 Å². The van der Waals surface area contributed by atoms with E-state index < -0.39 is 0 Å². The molecule has 2 rings (SSSR count). The van der Waals surface area contributed by atoms with Crippen LogP contribution in [0.25, 0.3) is 11.4 Å². The van der Waals surface area contributed by atoms with Gasteiger partial charge in [0.15, 0.2) is 5.82 Å². The molecule has 0 bridgehead atoms. The zero-order valence-electron chi connectivity index (χ0n) is 12.8. The number of nitriles is 1. The SMILES string of the molecule is CCCCCCc1ccc(-c2ncc(C#N)c(C)n2)cc1. The van der Waals surface area contributed by atoms with Crippen LogP contribution in [0.5, 0.6) is 0 Å². The lowest BCUT2D eigenvalue weighted by atomic mass is 10.0. The van der Waals surface area contributed by atoms with Gasteiger partial charge in [-0.3, -0.25) is 0 Å². The van der Waals surface area contributed by atoms with Gasteiger partial charge in [0.25, 0.3) is 0 Å². The summed E-state index contributed by atoms with van der Waals surface area (Å²) in [7, 11) is 0. The number of nitrogens with zero attached hydrogens (tertiary/aromatic N) is 3. The maximum absolute atomic E-state index is 8.91. The minimum atomic E-state index is 0.534. The number of unbranched alkanes of at least 4 members (excludes halogenated alkanes) is 3. The van der Waals surface area contributed by atoms with Crippen molar-refractivity contribution < 1.29 is 0 Å². The third-order valence-electron chi connectivity index (χ3n) is 3.63. The predicted octanol–water partition coefficient (Wildman–Crippen LogP) is 4.45. The van der Waals surface area contributed by atoms with Crippen LogP contribution in [0.1, 0.15) is 49.4 Å². The molecule has 21 heavy (non-hydrogen) atoms. The third kappa shape index (κ3) is 4.13. The van der Waals surface area contributed by atoms with Crippen molar-refractivity contribution in [1.29, 1.82) is 5.26 Å². The second-order valence-electron chi connectivity index (χ2n) is 5.31. The normalized spacial score (nSPS) is 10.3. The molecule has 108 valence electrons. The molecule has 1 heterocycles. The smallest absolute Gasteiger partial charge is 0.159 e. The molecule has 0 aliphatic heterocycles. The lowest BCUT2D eigenvalue weighted by Crippen LogP contribution is -1.95. The van der Waals surface area contributed by atoms with Crippen LogP contribution in [0.3, 0.4) is 0 Å². The van der Waals surface area contributed by atoms with Gasteiger partial charge in [0.2, 0.25) is 0 Å². The van der Waals surface area contributed by atoms with Gasteiger partial charge in [-0.15, -0.1) is 0 Å². The van der Waals surface area contributed by atoms with E-state index in [1.165, 1.54) is 31.2 Å². The largest absolute Gasteiger partial charge is 0.235 e. The first-order valence-corrected chi connectivity index (χ1v) is 7.57. The first-order valence-electron chi connectivity index (χ1n) is 7.57. The number of aryl methyl sites for hydroxylation is 2. The fourth-order valence-electron chi connectivity index (χ4n) is 2.29. The second kappa shape index (κ2) is 7.54. The number of hydrogen-bond donors (Lipinski definition) is 0. The average Bonchev–Trinajstić information content (AvgIpc) is 2.52. The number of rotatable bonds is 6. The first-order chi connectivity index (χ1) is 10.2. The van der Waals surface area contributed by atoms with E-state index in [0.29, 0.717) is 11.4 Å². The van der Waals surface area contributed by atoms with Gasteiger partial charge in [-0.25, -0.2) is 9.97 Å². The van der Waals surface area contributed by atoms with E-state index in [1.54, 1.807) is 6.20 Å². The molecule has 0 aliphatic rings. The van der Waals surface area contributed by atoms with Crippen molar-refractivity contribution in [3.05, 3.63) is 47.3 Å². The molecule has 0 aliphatic carbocycles. The molecule has 0 unspecified atom stereocenters. The molecule has 0 saturated heterocycles. The summed E-state index contributed by atoms with van der Waals surface area (Å²) in [5, 5.41) is 8.91. The van der Waals surface area contributed by atoms with Crippen molar-refractivity contribution in [2.45, 2.75) is 46.0 Å². The molecule has 3 nitrogen and oxygen atoms in total. The van der Waals surface area contributed by atoms with Gasteiger partial charge in [0, 0.05) is 11.8 Å². The Morgan fingerprint density at radius 2 is 1.86 bits per heavy atom. The summed E-state index contributed by atoms with van der Waals surface area (Å²) >= 11 is 0. The Labute approximate surface area is 126 Å². The van der Waals surface area contributed by atoms with E-state index >= 15 is 0 Å². The minimum absolute atomic E-state index is 0.534. The summed E-state index contributed by atoms with van der Waals surface area (Å²) in [5.74, 6) is 0.684. The molecule has 0 spiro atoms. The maximum Gasteiger partial charge on any atom is 0.159 e. The van der Waals surface area contributed by atoms with Crippen LogP contribution in [0.4, 0.5) is 0 Å². The summed E-state index contributed by atoms with van der Waals surface area (Å²) in [6.07, 6.45) is 7.87. The molecule has 0 fully saturated rings. The molecule has 1 aromatic heterocycles. The molecule has 1 aromatic carbocycles. The molecule has 3 heteroatoms. The van der Waals surface area contributed by atoms with Crippen molar-refractivity contribution in [3.63, 3.8) is 0 Å². The van der Waals surface area contributed by atoms with Crippen LogP contribution in [-0.4, -0.2) is 9.97 Å². The Morgan fingerprint density at radius 3 is 2.48 bits per heavy atom. The molecule has 0 amide bonds. The van der Waals surface area contributed by atoms with E-state index in [2.05, 4.69) is 47.2 Å². The van der Waals surface area contributed by atoms with Gasteiger partial charge in [0.05, 0.1) is 11.3 Å². The summed E-state index contributed by atoms with van der Waals surface area (Å²) in [6, 6.07) is 10.5. The topological polar surface area (TPSA) is 49.6 Å². The van der Waals surface area contributed by atoms with Gasteiger partial charge in [-0.05, 0) is 25.3 Å². The Bertz CT molecular complexity index is 624. The number of benzene rings is 1. The monoisotopic (exact) mass is 279 g/mol. The zero-order valence-corrected chi connectivity index (χ0v) is 12.8. The first kappa shape index (κ1) is 15.2. The van der Waals surface area contributed by atoms with Crippen LogP contribution < -0.4 is 0 Å². The maximum atomic E-state index is 8.91. The highest BCUT2D eigenvalue weighted by atomic mass is 14.9. The van der Waals surface area contributed by atoms with Gasteiger partial charge < -0.3 is 0 Å². The Morgan fingerprint density at radius 1 is 1.10 bits per heavy atom. The number of hydrogen-bond acceptors (Lipinski definition) is 3. The van der Waals surface area contributed by atoms with E-state index in [9.17, 15) is 0 Å². The third-order valence-corrected chi connectivity index (χ3v) is 3.63. The van der Waals surface area contributed by atoms with E-state index in [4.69, 9.17) is 5.26 Å². The number of aromatic nitrogens is 2. The molecule has 0 N–H and O–H groups in total. The zero-order chi connectivity index (χ0) is 15.1. The molecular weight excluding hydrogens is 258 g/mol. The van der Waals surface area contributed by atoms with Crippen molar-refractivity contribution in [3.8, 4) is 17.5 Å². The Kier molecular flexibility index (Phi) is 5.45. The van der Waals surface area contributed by atoms with Crippen LogP contribution in [0, 0.1) is 18.3 Å². The fourth-order valence-corrected chi connectivity index (χ4v) is 2.29. The van der Waals surface area contributed by atoms with E-state index in [0.717, 1.165) is 17.7 Å². The summed E-state index contributed by atoms with van der Waals surface area (Å²) in [5.41, 5.74) is 3.62. The van der Waals surface area contributed by atoms with Gasteiger partial charge in [-0.2, -0.15) is 5.26 Å². The van der Waals surface area contributed by atoms with Crippen LogP contribution >= 0.6 is 0 Å². The fraction of sp³-hybridized carbons (Fsp3) is 0.389. The minimum Gasteiger partial charge on any atom is -0.235 e. The summed E-state index contributed by atoms with van der Waals surface area (Å²) < 4.78 is 0. The van der Waals surface area contributed by atoms with Gasteiger partial charge >= 0.3 is 0 Å². The standard InChI is InChI=1S/C18H21N3/c1-3-4-5-6-7-15-8-10-16(11-9-15)18-20-13-17(12-19)14(2)21-18/h8-11,13H,3-7H2,1-2H3. The summed E-state index contributed by atoms with van der Waals surface area (Å²) in [4.78, 5) is 8.66. The Hall–Kier alpha value is -2.21. The predicted molar refractivity (Wildman–Crippen MR) is 84.8 cm³/mol. The molecular formula is C18H21N3. The second-order valence-corrected chi connectivity index (χ2v) is 5.31. The lowest BCUT2D eigenvalue weighted by molar-refractivity contribution is 0.667. The van der Waals surface area contributed by atoms with Crippen molar-refractivity contribution >= 4 is 0 Å². The highest BCUT2D eigenvalue weighted by Gasteiger charge is 2.05. The highest BCUT2D eigenvalue weighted by molar-refractivity contribution is 5.56. The van der Waals surface area contributed by atoms with E-state index in [1.807, 2.05) is 6.92 Å². The molecule has 0 saturated carbocycles. The molecule has 2 aromatic rings. The average molecular weight is 279 g/mol. The van der Waals surface area contributed by atoms with Crippen LogP contribution in [0.2, 0.25) is 0 Å². The van der Waals surface area contributed by atoms with Crippen molar-refractivity contribution in [2.75, 3.05) is 0 Å². The van der Waals surface area contributed by atoms with Crippen LogP contribution in [0.15, 0.2) is 30.5 Å². The molecule has 0 radical (unpaired) electrons. The van der Waals surface area contributed by atoms with Crippen molar-refractivity contribution in [2.24, 2.45) is 0 Å². The lowest BCUT2D eigenvalue weighted by Gasteiger charge is -2.05. The molecule has 0 atom stereocenters. The van der Waals surface area contributed by atoms with E-state index in [-0.39, 0.29) is 0 Å². The highest BCUT2D eigenvalue weighted by Crippen LogP contribution is 2.18.